The Morgan fingerprint density at radius 3 is 2.27 bits per heavy atom. The molecular formula is C30H40N4O5S2. The van der Waals surface area contributed by atoms with E-state index in [0.717, 1.165) is 24.2 Å². The van der Waals surface area contributed by atoms with E-state index in [2.05, 4.69) is 21.9 Å². The van der Waals surface area contributed by atoms with Crippen molar-refractivity contribution in [3.05, 3.63) is 47.1 Å². The molecule has 11 heteroatoms. The van der Waals surface area contributed by atoms with Crippen molar-refractivity contribution in [2.75, 3.05) is 26.2 Å². The van der Waals surface area contributed by atoms with Gasteiger partial charge in [0, 0.05) is 37.1 Å². The van der Waals surface area contributed by atoms with Gasteiger partial charge >= 0.3 is 0 Å². The fourth-order valence-electron chi connectivity index (χ4n) is 4.57. The van der Waals surface area contributed by atoms with E-state index in [4.69, 9.17) is 0 Å². The smallest absolute Gasteiger partial charge is 0.280 e. The van der Waals surface area contributed by atoms with Gasteiger partial charge in [-0.05, 0) is 49.5 Å². The van der Waals surface area contributed by atoms with Crippen molar-refractivity contribution in [3.8, 4) is 10.4 Å². The van der Waals surface area contributed by atoms with E-state index in [0.29, 0.717) is 40.2 Å². The minimum atomic E-state index is -3.82. The molecule has 4 rings (SSSR count). The van der Waals surface area contributed by atoms with Crippen LogP contribution in [0.3, 0.4) is 0 Å². The highest BCUT2D eigenvalue weighted by atomic mass is 32.2. The Morgan fingerprint density at radius 1 is 1.02 bits per heavy atom. The molecule has 2 amide bonds. The van der Waals surface area contributed by atoms with Gasteiger partial charge in [0.05, 0.1) is 15.4 Å². The number of rotatable bonds is 8. The predicted octanol–water partition coefficient (Wildman–Crippen LogP) is 4.66. The molecule has 0 saturated carbocycles. The number of aliphatic hydroxyl groups is 1. The quantitative estimate of drug-likeness (QED) is 0.345. The fourth-order valence-corrected chi connectivity index (χ4v) is 7.08. The first-order valence-corrected chi connectivity index (χ1v) is 16.2. The number of sulfonamides is 1. The second kappa shape index (κ2) is 11.8. The number of nitrogens with one attached hydrogen (secondary N) is 2. The lowest BCUT2D eigenvalue weighted by Gasteiger charge is -2.30. The van der Waals surface area contributed by atoms with Crippen LogP contribution in [0.5, 0.6) is 0 Å². The largest absolute Gasteiger partial charge is 0.389 e. The predicted molar refractivity (Wildman–Crippen MR) is 163 cm³/mol. The molecular weight excluding hydrogens is 560 g/mol. The summed E-state index contributed by atoms with van der Waals surface area (Å²) in [5, 5.41) is 14.0. The normalized spacial score (nSPS) is 15.3. The average molecular weight is 601 g/mol. The molecule has 2 heterocycles. The number of thiazole rings is 1. The summed E-state index contributed by atoms with van der Waals surface area (Å²) in [6.07, 6.45) is 1.78. The molecule has 0 bridgehead atoms. The van der Waals surface area contributed by atoms with Crippen molar-refractivity contribution in [2.24, 2.45) is 11.3 Å². The maximum atomic E-state index is 13.8. The van der Waals surface area contributed by atoms with Crippen LogP contribution >= 0.6 is 11.3 Å². The molecule has 1 aromatic heterocycles. The molecule has 222 valence electrons. The Kier molecular flexibility index (Phi) is 8.94. The molecule has 0 aliphatic carbocycles. The molecule has 3 N–H and O–H groups in total. The summed E-state index contributed by atoms with van der Waals surface area (Å²) in [7, 11) is -3.82. The molecule has 3 aromatic rings. The first-order chi connectivity index (χ1) is 19.1. The topological polar surface area (TPSA) is 129 Å². The number of likely N-dealkylation sites (tertiary alicyclic amines) is 1. The number of hydrogen-bond acceptors (Lipinski definition) is 7. The number of benzene rings is 2. The Morgan fingerprint density at radius 2 is 1.66 bits per heavy atom. The van der Waals surface area contributed by atoms with Crippen molar-refractivity contribution in [2.45, 2.75) is 64.9 Å². The Hall–Kier alpha value is -2.86. The SMILES string of the molecule is CC1CCN(C(=O)c2nc(C(=O)NCC(C)(C)O)sc2-c2ccc(S(=O)(=O)NCC(C)(C)C)c3ccccc23)CC1. The number of carbonyl (C=O) groups excluding carboxylic acids is 2. The van der Waals surface area contributed by atoms with Gasteiger partial charge < -0.3 is 15.3 Å². The lowest BCUT2D eigenvalue weighted by atomic mass is 9.98. The molecule has 1 aliphatic heterocycles. The maximum Gasteiger partial charge on any atom is 0.280 e. The zero-order chi connectivity index (χ0) is 30.2. The molecule has 0 spiro atoms. The Bertz CT molecular complexity index is 1540. The zero-order valence-electron chi connectivity index (χ0n) is 24.6. The fraction of sp³-hybridized carbons (Fsp3) is 0.500. The number of fused-ring (bicyclic) bond motifs is 1. The Labute approximate surface area is 246 Å². The second-order valence-electron chi connectivity index (χ2n) is 12.7. The molecule has 0 unspecified atom stereocenters. The van der Waals surface area contributed by atoms with Crippen LogP contribution in [0, 0.1) is 11.3 Å². The second-order valence-corrected chi connectivity index (χ2v) is 15.4. The summed E-state index contributed by atoms with van der Waals surface area (Å²) in [5.74, 6) is -0.209. The van der Waals surface area contributed by atoms with Gasteiger partial charge in [0.25, 0.3) is 11.8 Å². The van der Waals surface area contributed by atoms with Gasteiger partial charge in [-0.25, -0.2) is 18.1 Å². The first-order valence-electron chi connectivity index (χ1n) is 13.9. The average Bonchev–Trinajstić information content (AvgIpc) is 3.34. The molecule has 1 aliphatic rings. The van der Waals surface area contributed by atoms with E-state index < -0.39 is 21.5 Å². The summed E-state index contributed by atoms with van der Waals surface area (Å²) in [5.41, 5.74) is -0.556. The number of nitrogens with zero attached hydrogens (tertiary/aromatic N) is 2. The molecule has 0 atom stereocenters. The van der Waals surface area contributed by atoms with Crippen molar-refractivity contribution in [3.63, 3.8) is 0 Å². The van der Waals surface area contributed by atoms with Gasteiger partial charge in [0.2, 0.25) is 10.0 Å². The standard InChI is InChI=1S/C30H40N4O5S2/c1-19-13-15-34(16-14-19)28(36)24-25(40-27(33-24)26(35)31-18-30(5,6)37)22-11-12-23(21-10-8-7-9-20(21)22)41(38,39)32-17-29(2,3)4/h7-12,19,32,37H,13-18H2,1-6H3,(H,31,35). The summed E-state index contributed by atoms with van der Waals surface area (Å²) in [6.45, 7) is 12.7. The minimum Gasteiger partial charge on any atom is -0.389 e. The third-order valence-corrected chi connectivity index (χ3v) is 9.53. The summed E-state index contributed by atoms with van der Waals surface area (Å²) in [6, 6.07) is 10.4. The highest BCUT2D eigenvalue weighted by molar-refractivity contribution is 7.89. The van der Waals surface area contributed by atoms with Gasteiger partial charge in [-0.1, -0.05) is 58.0 Å². The van der Waals surface area contributed by atoms with Crippen LogP contribution in [0.25, 0.3) is 21.2 Å². The molecule has 0 radical (unpaired) electrons. The number of piperidine rings is 1. The van der Waals surface area contributed by atoms with Crippen molar-refractivity contribution >= 4 is 43.9 Å². The van der Waals surface area contributed by atoms with Gasteiger partial charge in [-0.3, -0.25) is 9.59 Å². The van der Waals surface area contributed by atoms with E-state index >= 15 is 0 Å². The Balaban J connectivity index is 1.82. The zero-order valence-corrected chi connectivity index (χ0v) is 26.2. The minimum absolute atomic E-state index is 0.0189. The number of aromatic nitrogens is 1. The van der Waals surface area contributed by atoms with Crippen molar-refractivity contribution in [1.82, 2.24) is 19.9 Å². The molecule has 1 saturated heterocycles. The van der Waals surface area contributed by atoms with Gasteiger partial charge in [0.15, 0.2) is 5.01 Å². The van der Waals surface area contributed by atoms with Gasteiger partial charge in [0.1, 0.15) is 5.69 Å². The van der Waals surface area contributed by atoms with E-state index in [9.17, 15) is 23.1 Å². The summed E-state index contributed by atoms with van der Waals surface area (Å²) in [4.78, 5) is 33.8. The van der Waals surface area contributed by atoms with Crippen LogP contribution in [0.4, 0.5) is 0 Å². The molecule has 41 heavy (non-hydrogen) atoms. The third kappa shape index (κ3) is 7.51. The highest BCUT2D eigenvalue weighted by Gasteiger charge is 2.30. The van der Waals surface area contributed by atoms with Crippen LogP contribution in [-0.2, 0) is 10.0 Å². The van der Waals surface area contributed by atoms with Crippen LogP contribution in [0.1, 0.15) is 74.7 Å². The maximum absolute atomic E-state index is 13.8. The van der Waals surface area contributed by atoms with E-state index in [1.807, 2.05) is 32.9 Å². The lowest BCUT2D eigenvalue weighted by Crippen LogP contribution is -2.39. The van der Waals surface area contributed by atoms with Gasteiger partial charge in [-0.2, -0.15) is 0 Å². The van der Waals surface area contributed by atoms with E-state index in [1.54, 1.807) is 43.0 Å². The van der Waals surface area contributed by atoms with E-state index in [-0.39, 0.29) is 40.0 Å². The van der Waals surface area contributed by atoms with Crippen LogP contribution in [0.2, 0.25) is 0 Å². The number of carbonyl (C=O) groups is 2. The van der Waals surface area contributed by atoms with Crippen molar-refractivity contribution in [1.29, 1.82) is 0 Å². The lowest BCUT2D eigenvalue weighted by molar-refractivity contribution is 0.0685. The summed E-state index contributed by atoms with van der Waals surface area (Å²) >= 11 is 1.09. The molecule has 2 aromatic carbocycles. The highest BCUT2D eigenvalue weighted by Crippen LogP contribution is 2.39. The number of hydrogen-bond donors (Lipinski definition) is 3. The van der Waals surface area contributed by atoms with Crippen LogP contribution in [-0.4, -0.2) is 67.0 Å². The number of amides is 2. The van der Waals surface area contributed by atoms with Crippen LogP contribution in [0.15, 0.2) is 41.3 Å². The molecule has 9 nitrogen and oxygen atoms in total. The third-order valence-electron chi connectivity index (χ3n) is 6.99. The van der Waals surface area contributed by atoms with Crippen molar-refractivity contribution < 1.29 is 23.1 Å². The summed E-state index contributed by atoms with van der Waals surface area (Å²) < 4.78 is 29.4. The van der Waals surface area contributed by atoms with E-state index in [1.165, 1.54) is 0 Å². The van der Waals surface area contributed by atoms with Gasteiger partial charge in [-0.15, -0.1) is 11.3 Å². The first kappa shape index (κ1) is 31.1. The van der Waals surface area contributed by atoms with Crippen LogP contribution < -0.4 is 10.0 Å². The monoisotopic (exact) mass is 600 g/mol. The molecule has 1 fully saturated rings.